The number of hydrogen-bond acceptors (Lipinski definition) is 3. The van der Waals surface area contributed by atoms with Gasteiger partial charge in [-0.15, -0.1) is 0 Å². The molecule has 4 rings (SSSR count). The van der Waals surface area contributed by atoms with Gasteiger partial charge in [0.15, 0.2) is 5.78 Å². The Kier molecular flexibility index (Phi) is 5.03. The molecule has 3 nitrogen and oxygen atoms in total. The van der Waals surface area contributed by atoms with Crippen molar-refractivity contribution in [1.82, 2.24) is 0 Å². The van der Waals surface area contributed by atoms with E-state index in [1.54, 1.807) is 0 Å². The monoisotopic (exact) mass is 386 g/mol. The Morgan fingerprint density at radius 3 is 2.68 bits per heavy atom. The molecule has 3 saturated carbocycles. The van der Waals surface area contributed by atoms with E-state index in [4.69, 9.17) is 4.74 Å². The van der Waals surface area contributed by atoms with E-state index < -0.39 is 5.41 Å². The van der Waals surface area contributed by atoms with Crippen LogP contribution in [0.3, 0.4) is 0 Å². The first-order chi connectivity index (χ1) is 13.1. The summed E-state index contributed by atoms with van der Waals surface area (Å²) in [6.07, 6.45) is 9.95. The fourth-order valence-corrected chi connectivity index (χ4v) is 7.36. The van der Waals surface area contributed by atoms with Crippen molar-refractivity contribution in [2.24, 2.45) is 46.3 Å². The van der Waals surface area contributed by atoms with E-state index >= 15 is 0 Å². The second kappa shape index (κ2) is 6.99. The third kappa shape index (κ3) is 3.27. The first kappa shape index (κ1) is 20.2. The average Bonchev–Trinajstić information content (AvgIpc) is 2.94. The summed E-state index contributed by atoms with van der Waals surface area (Å²) in [5.41, 5.74) is 1.34. The van der Waals surface area contributed by atoms with Crippen LogP contribution < -0.4 is 0 Å². The third-order valence-electron chi connectivity index (χ3n) is 8.87. The summed E-state index contributed by atoms with van der Waals surface area (Å²) in [5.74, 6) is 4.38. The highest BCUT2D eigenvalue weighted by molar-refractivity contribution is 5.91. The van der Waals surface area contributed by atoms with Gasteiger partial charge in [0.05, 0.1) is 12.0 Å². The summed E-state index contributed by atoms with van der Waals surface area (Å²) in [6.45, 7) is 11.3. The molecule has 0 aromatic heterocycles. The Morgan fingerprint density at radius 1 is 1.21 bits per heavy atom. The van der Waals surface area contributed by atoms with E-state index in [2.05, 4.69) is 13.8 Å². The Labute approximate surface area is 170 Å². The maximum atomic E-state index is 12.3. The van der Waals surface area contributed by atoms with Crippen LogP contribution in [0.5, 0.6) is 0 Å². The third-order valence-corrected chi connectivity index (χ3v) is 8.87. The molecule has 0 N–H and O–H groups in total. The van der Waals surface area contributed by atoms with Crippen molar-refractivity contribution in [2.75, 3.05) is 6.61 Å². The predicted molar refractivity (Wildman–Crippen MR) is 111 cm³/mol. The first-order valence-corrected chi connectivity index (χ1v) is 11.5. The SMILES string of the molecule is C[C@@H]1CC2=CC(=O)CC[C@@H]2[C@H]2CC[C@]3(C)[C@H](COC(=O)C(C)(C)C)CC[C@@H]3[C@@H]21. The number of esters is 1. The number of ether oxygens (including phenoxy) is 1. The van der Waals surface area contributed by atoms with Crippen LogP contribution in [0.25, 0.3) is 0 Å². The van der Waals surface area contributed by atoms with Crippen LogP contribution in [0.4, 0.5) is 0 Å². The molecule has 0 spiro atoms. The number of ketones is 1. The molecule has 3 heteroatoms. The standard InChI is InChI=1S/C25H38O3/c1-15-12-16-13-18(26)7-8-19(16)20-10-11-25(5)17(6-9-21(25)22(15)20)14-28-23(27)24(2,3)4/h13,15,17,19-22H,6-12,14H2,1-5H3/t15-,17+,19+,20-,21-,22-,25-/m1/s1. The number of rotatable bonds is 2. The van der Waals surface area contributed by atoms with Gasteiger partial charge in [-0.2, -0.15) is 0 Å². The predicted octanol–water partition coefficient (Wildman–Crippen LogP) is 5.58. The van der Waals surface area contributed by atoms with Gasteiger partial charge in [-0.3, -0.25) is 9.59 Å². The largest absolute Gasteiger partial charge is 0.465 e. The molecule has 3 fully saturated rings. The van der Waals surface area contributed by atoms with Crippen LogP contribution in [0.2, 0.25) is 0 Å². The maximum Gasteiger partial charge on any atom is 0.311 e. The minimum Gasteiger partial charge on any atom is -0.465 e. The number of fused-ring (bicyclic) bond motifs is 5. The van der Waals surface area contributed by atoms with Crippen molar-refractivity contribution < 1.29 is 14.3 Å². The van der Waals surface area contributed by atoms with Crippen LogP contribution in [-0.4, -0.2) is 18.4 Å². The summed E-state index contributed by atoms with van der Waals surface area (Å²) >= 11 is 0. The molecule has 4 aliphatic rings. The Morgan fingerprint density at radius 2 is 1.96 bits per heavy atom. The van der Waals surface area contributed by atoms with E-state index in [1.165, 1.54) is 31.3 Å². The fraction of sp³-hybridized carbons (Fsp3) is 0.840. The molecule has 0 unspecified atom stereocenters. The molecule has 0 aliphatic heterocycles. The number of carbonyl (C=O) groups is 2. The molecule has 28 heavy (non-hydrogen) atoms. The summed E-state index contributed by atoms with van der Waals surface area (Å²) in [7, 11) is 0. The molecule has 0 bridgehead atoms. The topological polar surface area (TPSA) is 43.4 Å². The minimum absolute atomic E-state index is 0.0686. The molecule has 0 heterocycles. The molecule has 156 valence electrons. The molecule has 0 saturated heterocycles. The Bertz CT molecular complexity index is 684. The highest BCUT2D eigenvalue weighted by atomic mass is 16.5. The molecular weight excluding hydrogens is 348 g/mol. The van der Waals surface area contributed by atoms with E-state index in [9.17, 15) is 9.59 Å². The second-order valence-electron chi connectivity index (χ2n) is 11.5. The summed E-state index contributed by atoms with van der Waals surface area (Å²) in [5, 5.41) is 0. The van der Waals surface area contributed by atoms with E-state index in [-0.39, 0.29) is 5.97 Å². The van der Waals surface area contributed by atoms with Crippen molar-refractivity contribution in [3.05, 3.63) is 11.6 Å². The van der Waals surface area contributed by atoms with Crippen molar-refractivity contribution >= 4 is 11.8 Å². The molecule has 7 atom stereocenters. The molecule has 0 radical (unpaired) electrons. The summed E-state index contributed by atoms with van der Waals surface area (Å²) < 4.78 is 5.78. The van der Waals surface area contributed by atoms with Crippen LogP contribution >= 0.6 is 0 Å². The van der Waals surface area contributed by atoms with Gasteiger partial charge in [0.25, 0.3) is 0 Å². The molecule has 4 aliphatic carbocycles. The summed E-state index contributed by atoms with van der Waals surface area (Å²) in [6, 6.07) is 0. The van der Waals surface area contributed by atoms with Crippen LogP contribution in [-0.2, 0) is 14.3 Å². The van der Waals surface area contributed by atoms with Crippen molar-refractivity contribution in [3.8, 4) is 0 Å². The van der Waals surface area contributed by atoms with Gasteiger partial charge < -0.3 is 4.74 Å². The quantitative estimate of drug-likeness (QED) is 0.582. The number of allylic oxidation sites excluding steroid dienone is 1. The second-order valence-corrected chi connectivity index (χ2v) is 11.5. The number of carbonyl (C=O) groups excluding carboxylic acids is 2. The smallest absolute Gasteiger partial charge is 0.311 e. The highest BCUT2D eigenvalue weighted by Gasteiger charge is 2.57. The number of hydrogen-bond donors (Lipinski definition) is 0. The average molecular weight is 387 g/mol. The van der Waals surface area contributed by atoms with Crippen molar-refractivity contribution in [3.63, 3.8) is 0 Å². The van der Waals surface area contributed by atoms with Gasteiger partial charge in [-0.25, -0.2) is 0 Å². The summed E-state index contributed by atoms with van der Waals surface area (Å²) in [4.78, 5) is 24.2. The van der Waals surface area contributed by atoms with Gasteiger partial charge >= 0.3 is 5.97 Å². The Balaban J connectivity index is 1.51. The lowest BCUT2D eigenvalue weighted by Gasteiger charge is -2.56. The van der Waals surface area contributed by atoms with Crippen LogP contribution in [0.15, 0.2) is 11.6 Å². The van der Waals surface area contributed by atoms with Gasteiger partial charge in [0.2, 0.25) is 0 Å². The normalized spacial score (nSPS) is 42.9. The fourth-order valence-electron chi connectivity index (χ4n) is 7.36. The van der Waals surface area contributed by atoms with E-state index in [1.807, 2.05) is 26.8 Å². The zero-order valence-electron chi connectivity index (χ0n) is 18.4. The highest BCUT2D eigenvalue weighted by Crippen LogP contribution is 2.64. The van der Waals surface area contributed by atoms with Gasteiger partial charge in [-0.1, -0.05) is 19.4 Å². The van der Waals surface area contributed by atoms with Gasteiger partial charge in [0, 0.05) is 6.42 Å². The Hall–Kier alpha value is -1.12. The molecule has 0 aromatic rings. The molecule has 0 aromatic carbocycles. The minimum atomic E-state index is -0.421. The van der Waals surface area contributed by atoms with E-state index in [0.717, 1.165) is 37.0 Å². The van der Waals surface area contributed by atoms with Crippen molar-refractivity contribution in [1.29, 1.82) is 0 Å². The molecule has 0 amide bonds. The first-order valence-electron chi connectivity index (χ1n) is 11.5. The van der Waals surface area contributed by atoms with Gasteiger partial charge in [0.1, 0.15) is 0 Å². The van der Waals surface area contributed by atoms with Crippen molar-refractivity contribution in [2.45, 2.75) is 79.6 Å². The lowest BCUT2D eigenvalue weighted by molar-refractivity contribution is -0.156. The zero-order valence-corrected chi connectivity index (χ0v) is 18.4. The lowest BCUT2D eigenvalue weighted by atomic mass is 9.49. The lowest BCUT2D eigenvalue weighted by Crippen LogP contribution is -2.49. The van der Waals surface area contributed by atoms with Crippen LogP contribution in [0.1, 0.15) is 79.6 Å². The van der Waals surface area contributed by atoms with Gasteiger partial charge in [-0.05, 0) is 106 Å². The maximum absolute atomic E-state index is 12.3. The molecular formula is C25H38O3. The van der Waals surface area contributed by atoms with Crippen LogP contribution in [0, 0.1) is 46.3 Å². The zero-order chi connectivity index (χ0) is 20.3. The van der Waals surface area contributed by atoms with E-state index in [0.29, 0.717) is 35.6 Å².